The minimum Gasteiger partial charge on any atom is -0.316 e. The van der Waals surface area contributed by atoms with Crippen molar-refractivity contribution in [3.8, 4) is 0 Å². The number of nitrogens with zero attached hydrogens (tertiary/aromatic N) is 1. The highest BCUT2D eigenvalue weighted by atomic mass is 32.2. The molecule has 1 fully saturated rings. The highest BCUT2D eigenvalue weighted by Crippen LogP contribution is 2.41. The molecule has 5 nitrogen and oxygen atoms in total. The summed E-state index contributed by atoms with van der Waals surface area (Å²) in [5.74, 6) is 0.536. The van der Waals surface area contributed by atoms with E-state index in [1.54, 1.807) is 6.07 Å². The second-order valence-electron chi connectivity index (χ2n) is 4.76. The third kappa shape index (κ3) is 3.03. The molecule has 108 valence electrons. The van der Waals surface area contributed by atoms with Gasteiger partial charge in [0.2, 0.25) is 0 Å². The number of thiazole rings is 1. The summed E-state index contributed by atoms with van der Waals surface area (Å²) in [7, 11) is -1.68. The zero-order valence-electron chi connectivity index (χ0n) is 10.9. The summed E-state index contributed by atoms with van der Waals surface area (Å²) in [5, 5.41) is 7.25. The van der Waals surface area contributed by atoms with Gasteiger partial charge in [-0.25, -0.2) is 13.4 Å². The summed E-state index contributed by atoms with van der Waals surface area (Å²) in [4.78, 5) is 4.35. The largest absolute Gasteiger partial charge is 0.316 e. The average Bonchev–Trinajstić information content (AvgIpc) is 2.95. The normalized spacial score (nSPS) is 15.4. The Morgan fingerprint density at radius 1 is 1.35 bits per heavy atom. The first kappa shape index (κ1) is 14.0. The van der Waals surface area contributed by atoms with Crippen LogP contribution in [0.5, 0.6) is 0 Å². The van der Waals surface area contributed by atoms with Gasteiger partial charge in [-0.3, -0.25) is 4.72 Å². The van der Waals surface area contributed by atoms with Gasteiger partial charge in [-0.2, -0.15) is 0 Å². The Balaban J connectivity index is 1.76. The molecule has 0 spiro atoms. The van der Waals surface area contributed by atoms with Gasteiger partial charge in [-0.05, 0) is 36.9 Å². The number of sulfonamides is 1. The van der Waals surface area contributed by atoms with Crippen LogP contribution in [0.4, 0.5) is 5.13 Å². The zero-order chi connectivity index (χ0) is 14.2. The number of rotatable bonds is 6. The number of thiophene rings is 1. The summed E-state index contributed by atoms with van der Waals surface area (Å²) in [6.45, 7) is 0.662. The van der Waals surface area contributed by atoms with Gasteiger partial charge in [-0.1, -0.05) is 0 Å². The Morgan fingerprint density at radius 3 is 2.85 bits per heavy atom. The lowest BCUT2D eigenvalue weighted by Gasteiger charge is -2.01. The zero-order valence-corrected chi connectivity index (χ0v) is 13.4. The fraction of sp³-hybridized carbons (Fsp3) is 0.417. The molecule has 3 rings (SSSR count). The van der Waals surface area contributed by atoms with Crippen molar-refractivity contribution in [2.24, 2.45) is 0 Å². The molecule has 0 aliphatic heterocycles. The van der Waals surface area contributed by atoms with E-state index < -0.39 is 10.0 Å². The highest BCUT2D eigenvalue weighted by Gasteiger charge is 2.27. The minimum absolute atomic E-state index is 0.325. The minimum atomic E-state index is -3.51. The molecule has 0 atom stereocenters. The van der Waals surface area contributed by atoms with Gasteiger partial charge in [-0.15, -0.1) is 22.7 Å². The maximum Gasteiger partial charge on any atom is 0.273 e. The van der Waals surface area contributed by atoms with Crippen LogP contribution >= 0.6 is 22.7 Å². The maximum absolute atomic E-state index is 12.3. The van der Waals surface area contributed by atoms with Crippen LogP contribution in [0.3, 0.4) is 0 Å². The van der Waals surface area contributed by atoms with E-state index in [0.29, 0.717) is 21.8 Å². The van der Waals surface area contributed by atoms with Crippen molar-refractivity contribution in [1.29, 1.82) is 0 Å². The summed E-state index contributed by atoms with van der Waals surface area (Å²) in [5.41, 5.74) is 1.98. The Labute approximate surface area is 126 Å². The van der Waals surface area contributed by atoms with Gasteiger partial charge in [0.05, 0.1) is 5.69 Å². The second kappa shape index (κ2) is 5.44. The van der Waals surface area contributed by atoms with Crippen LogP contribution in [0.15, 0.2) is 21.0 Å². The van der Waals surface area contributed by atoms with Crippen LogP contribution < -0.4 is 10.0 Å². The van der Waals surface area contributed by atoms with E-state index >= 15 is 0 Å². The van der Waals surface area contributed by atoms with E-state index in [-0.39, 0.29) is 0 Å². The molecule has 0 amide bonds. The van der Waals surface area contributed by atoms with Crippen molar-refractivity contribution in [3.63, 3.8) is 0 Å². The lowest BCUT2D eigenvalue weighted by Crippen LogP contribution is -2.11. The number of anilines is 1. The van der Waals surface area contributed by atoms with E-state index in [2.05, 4.69) is 15.0 Å². The SMILES string of the molecule is CNCc1csc(S(=O)(=O)Nc2nc(C3CC3)cs2)c1. The molecule has 2 heterocycles. The van der Waals surface area contributed by atoms with Gasteiger partial charge < -0.3 is 5.32 Å². The number of hydrogen-bond acceptors (Lipinski definition) is 6. The monoisotopic (exact) mass is 329 g/mol. The maximum atomic E-state index is 12.3. The average molecular weight is 329 g/mol. The summed E-state index contributed by atoms with van der Waals surface area (Å²) < 4.78 is 27.4. The van der Waals surface area contributed by atoms with Crippen molar-refractivity contribution in [2.45, 2.75) is 29.5 Å². The number of hydrogen-bond donors (Lipinski definition) is 2. The van der Waals surface area contributed by atoms with Gasteiger partial charge in [0.15, 0.2) is 5.13 Å². The fourth-order valence-corrected chi connectivity index (χ4v) is 5.11. The first-order valence-electron chi connectivity index (χ1n) is 6.29. The van der Waals surface area contributed by atoms with Crippen LogP contribution in [0, 0.1) is 0 Å². The predicted octanol–water partition coefficient (Wildman–Crippen LogP) is 2.60. The molecule has 1 saturated carbocycles. The van der Waals surface area contributed by atoms with Gasteiger partial charge in [0.1, 0.15) is 4.21 Å². The molecular weight excluding hydrogens is 314 g/mol. The van der Waals surface area contributed by atoms with Crippen molar-refractivity contribution in [2.75, 3.05) is 11.8 Å². The quantitative estimate of drug-likeness (QED) is 0.854. The molecule has 8 heteroatoms. The molecule has 0 saturated heterocycles. The van der Waals surface area contributed by atoms with Crippen LogP contribution in [-0.4, -0.2) is 20.4 Å². The molecule has 0 bridgehead atoms. The molecule has 0 aromatic carbocycles. The van der Waals surface area contributed by atoms with Gasteiger partial charge >= 0.3 is 0 Å². The molecule has 1 aliphatic carbocycles. The Morgan fingerprint density at radius 2 is 2.15 bits per heavy atom. The topological polar surface area (TPSA) is 71.1 Å². The van der Waals surface area contributed by atoms with Crippen molar-refractivity contribution < 1.29 is 8.42 Å². The Kier molecular flexibility index (Phi) is 3.80. The third-order valence-corrected chi connectivity index (χ3v) is 6.75. The predicted molar refractivity (Wildman–Crippen MR) is 82.0 cm³/mol. The summed E-state index contributed by atoms with van der Waals surface area (Å²) >= 11 is 2.57. The molecule has 0 radical (unpaired) electrons. The third-order valence-electron chi connectivity index (χ3n) is 3.01. The van der Waals surface area contributed by atoms with E-state index in [4.69, 9.17) is 0 Å². The lowest BCUT2D eigenvalue weighted by molar-refractivity contribution is 0.603. The molecule has 2 aromatic rings. The van der Waals surface area contributed by atoms with Crippen LogP contribution in [0.2, 0.25) is 0 Å². The molecular formula is C12H15N3O2S3. The second-order valence-corrected chi connectivity index (χ2v) is 8.44. The molecule has 20 heavy (non-hydrogen) atoms. The van der Waals surface area contributed by atoms with Crippen LogP contribution in [0.25, 0.3) is 0 Å². The number of nitrogens with one attached hydrogen (secondary N) is 2. The van der Waals surface area contributed by atoms with Crippen LogP contribution in [-0.2, 0) is 16.6 Å². The lowest BCUT2D eigenvalue weighted by atomic mass is 10.3. The van der Waals surface area contributed by atoms with Gasteiger partial charge in [0.25, 0.3) is 10.0 Å². The standard InChI is InChI=1S/C12H15N3O2S3/c1-13-5-8-4-11(18-6-8)20(16,17)15-12-14-10(7-19-12)9-2-3-9/h4,6-7,9,13H,2-3,5H2,1H3,(H,14,15). The Hall–Kier alpha value is -0.960. The van der Waals surface area contributed by atoms with Crippen LogP contribution in [0.1, 0.15) is 30.0 Å². The summed E-state index contributed by atoms with van der Waals surface area (Å²) in [6.07, 6.45) is 2.32. The van der Waals surface area contributed by atoms with E-state index in [1.165, 1.54) is 22.7 Å². The van der Waals surface area contributed by atoms with E-state index in [9.17, 15) is 8.42 Å². The van der Waals surface area contributed by atoms with Gasteiger partial charge in [0, 0.05) is 17.8 Å². The Bertz CT molecular complexity index is 701. The molecule has 1 aliphatic rings. The molecule has 2 aromatic heterocycles. The first-order chi connectivity index (χ1) is 9.58. The van der Waals surface area contributed by atoms with Crippen molar-refractivity contribution >= 4 is 37.8 Å². The van der Waals surface area contributed by atoms with E-state index in [0.717, 1.165) is 24.1 Å². The summed E-state index contributed by atoms with van der Waals surface area (Å²) in [6, 6.07) is 1.69. The first-order valence-corrected chi connectivity index (χ1v) is 9.53. The molecule has 2 N–H and O–H groups in total. The highest BCUT2D eigenvalue weighted by molar-refractivity contribution is 7.94. The van der Waals surface area contributed by atoms with Crippen molar-refractivity contribution in [1.82, 2.24) is 10.3 Å². The number of aromatic nitrogens is 1. The smallest absolute Gasteiger partial charge is 0.273 e. The van der Waals surface area contributed by atoms with E-state index in [1.807, 2.05) is 17.8 Å². The molecule has 0 unspecified atom stereocenters. The van der Waals surface area contributed by atoms with Crippen molar-refractivity contribution in [3.05, 3.63) is 28.1 Å². The fourth-order valence-electron chi connectivity index (χ4n) is 1.86.